The molecule has 6 heteroatoms. The number of ether oxygens (including phenoxy) is 2. The van der Waals surface area contributed by atoms with Gasteiger partial charge >= 0.3 is 6.09 Å². The summed E-state index contributed by atoms with van der Waals surface area (Å²) in [6.07, 6.45) is -0.0374. The lowest BCUT2D eigenvalue weighted by atomic mass is 10.1. The molecule has 0 aromatic heterocycles. The molecule has 0 saturated carbocycles. The summed E-state index contributed by atoms with van der Waals surface area (Å²) < 4.78 is 24.5. The number of carbonyl (C=O) groups is 1. The van der Waals surface area contributed by atoms with Crippen LogP contribution in [0.4, 0.5) is 9.18 Å². The van der Waals surface area contributed by atoms with E-state index in [4.69, 9.17) is 9.47 Å². The molecule has 0 aliphatic rings. The molecule has 2 N–H and O–H groups in total. The van der Waals surface area contributed by atoms with Gasteiger partial charge in [-0.2, -0.15) is 0 Å². The Kier molecular flexibility index (Phi) is 8.14. The van der Waals surface area contributed by atoms with E-state index < -0.39 is 23.6 Å². The average molecular weight is 363 g/mol. The van der Waals surface area contributed by atoms with Crippen molar-refractivity contribution in [2.75, 3.05) is 13.2 Å². The highest BCUT2D eigenvalue weighted by atomic mass is 19.1. The lowest BCUT2D eigenvalue weighted by Crippen LogP contribution is -2.32. The first-order chi connectivity index (χ1) is 12.1. The number of aliphatic hydroxyl groups is 1. The molecule has 5 nitrogen and oxygen atoms in total. The van der Waals surface area contributed by atoms with E-state index in [1.807, 2.05) is 13.8 Å². The zero-order chi connectivity index (χ0) is 19.7. The van der Waals surface area contributed by atoms with Crippen molar-refractivity contribution in [1.82, 2.24) is 5.32 Å². The normalized spacial score (nSPS) is 11.7. The van der Waals surface area contributed by atoms with Crippen molar-refractivity contribution < 1.29 is 23.8 Å². The van der Waals surface area contributed by atoms with E-state index >= 15 is 0 Å². The van der Waals surface area contributed by atoms with Gasteiger partial charge in [0.25, 0.3) is 0 Å². The second kappa shape index (κ2) is 9.83. The second-order valence-electron chi connectivity index (χ2n) is 6.83. The lowest BCUT2D eigenvalue weighted by molar-refractivity contribution is 0.0535. The molecule has 0 radical (unpaired) electrons. The highest BCUT2D eigenvalue weighted by Gasteiger charge is 2.16. The third-order valence-corrected chi connectivity index (χ3v) is 2.97. The van der Waals surface area contributed by atoms with Gasteiger partial charge in [-0.3, -0.25) is 0 Å². The van der Waals surface area contributed by atoms with E-state index in [-0.39, 0.29) is 24.5 Å². The van der Waals surface area contributed by atoms with E-state index in [1.54, 1.807) is 32.9 Å². The van der Waals surface area contributed by atoms with Crippen molar-refractivity contribution in [2.45, 2.75) is 46.3 Å². The molecular weight excluding hydrogens is 337 g/mol. The minimum Gasteiger partial charge on any atom is -0.486 e. The van der Waals surface area contributed by atoms with Gasteiger partial charge in [0.05, 0.1) is 6.54 Å². The summed E-state index contributed by atoms with van der Waals surface area (Å²) in [5, 5.41) is 12.7. The number of aliphatic hydroxyl groups excluding tert-OH is 1. The first-order valence-electron chi connectivity index (χ1n) is 8.28. The summed E-state index contributed by atoms with van der Waals surface area (Å²) in [7, 11) is 0. The smallest absolute Gasteiger partial charge is 0.408 e. The van der Waals surface area contributed by atoms with Crippen LogP contribution in [0.2, 0.25) is 0 Å². The molecule has 0 spiro atoms. The Morgan fingerprint density at radius 3 is 2.69 bits per heavy atom. The van der Waals surface area contributed by atoms with Crippen molar-refractivity contribution in [2.24, 2.45) is 0 Å². The van der Waals surface area contributed by atoms with Crippen molar-refractivity contribution in [3.63, 3.8) is 0 Å². The minimum atomic E-state index is -1.24. The summed E-state index contributed by atoms with van der Waals surface area (Å²) in [4.78, 5) is 11.5. The molecule has 0 fully saturated rings. The third kappa shape index (κ3) is 8.04. The van der Waals surface area contributed by atoms with Gasteiger partial charge in [0.2, 0.25) is 0 Å². The number of hydrogen-bond acceptors (Lipinski definition) is 4. The molecule has 1 rings (SSSR count). The largest absolute Gasteiger partial charge is 0.486 e. The van der Waals surface area contributed by atoms with Gasteiger partial charge in [-0.05, 0) is 46.8 Å². The predicted molar refractivity (Wildman–Crippen MR) is 98.3 cm³/mol. The Bertz CT molecular complexity index is 707. The molecule has 1 unspecified atom stereocenters. The predicted octanol–water partition coefficient (Wildman–Crippen LogP) is 3.73. The van der Waals surface area contributed by atoms with E-state index in [9.17, 15) is 14.3 Å². The molecular formula is C20H26FNO4. The first kappa shape index (κ1) is 21.5. The number of halogens is 1. The number of amides is 1. The van der Waals surface area contributed by atoms with E-state index in [0.717, 1.165) is 5.57 Å². The van der Waals surface area contributed by atoms with Crippen LogP contribution in [0.5, 0.6) is 5.75 Å². The molecule has 0 heterocycles. The molecule has 0 saturated heterocycles. The Morgan fingerprint density at radius 2 is 2.08 bits per heavy atom. The maximum absolute atomic E-state index is 14.0. The molecule has 0 aliphatic heterocycles. The van der Waals surface area contributed by atoms with Crippen LogP contribution in [-0.4, -0.2) is 30.0 Å². The van der Waals surface area contributed by atoms with Crippen LogP contribution < -0.4 is 10.1 Å². The zero-order valence-corrected chi connectivity index (χ0v) is 15.9. The number of allylic oxidation sites excluding steroid dienone is 1. The first-order valence-corrected chi connectivity index (χ1v) is 8.28. The van der Waals surface area contributed by atoms with E-state index in [1.165, 1.54) is 12.1 Å². The fourth-order valence-corrected chi connectivity index (χ4v) is 1.84. The van der Waals surface area contributed by atoms with Crippen LogP contribution in [0.15, 0.2) is 29.8 Å². The molecule has 0 aliphatic carbocycles. The average Bonchev–Trinajstić information content (AvgIpc) is 2.50. The summed E-state index contributed by atoms with van der Waals surface area (Å²) in [6, 6.07) is 4.27. The number of hydrogen-bond donors (Lipinski definition) is 2. The highest BCUT2D eigenvalue weighted by Crippen LogP contribution is 2.28. The molecule has 1 amide bonds. The number of carbonyl (C=O) groups excluding carboxylic acids is 1. The van der Waals surface area contributed by atoms with E-state index in [2.05, 4.69) is 17.2 Å². The van der Waals surface area contributed by atoms with Crippen LogP contribution >= 0.6 is 0 Å². The van der Waals surface area contributed by atoms with Crippen molar-refractivity contribution >= 4 is 6.09 Å². The standard InChI is InChI=1S/C20H26FNO4/c1-14(2)11-13-25-18-15(8-6-9-16(18)21)17(23)10-7-12-22-19(24)26-20(3,4)5/h6,8-9,11,17,23H,12-13H2,1-5H3,(H,22,24). The molecule has 142 valence electrons. The zero-order valence-electron chi connectivity index (χ0n) is 15.9. The highest BCUT2D eigenvalue weighted by molar-refractivity contribution is 5.68. The van der Waals surface area contributed by atoms with E-state index in [0.29, 0.717) is 0 Å². The fourth-order valence-electron chi connectivity index (χ4n) is 1.84. The maximum Gasteiger partial charge on any atom is 0.408 e. The van der Waals surface area contributed by atoms with Gasteiger partial charge < -0.3 is 19.9 Å². The SMILES string of the molecule is CC(C)=CCOc1c(F)cccc1C(O)C#CCNC(=O)OC(C)(C)C. The van der Waals surface area contributed by atoms with Crippen molar-refractivity contribution in [3.8, 4) is 17.6 Å². The Balaban J connectivity index is 2.73. The number of benzene rings is 1. The molecule has 26 heavy (non-hydrogen) atoms. The Labute approximate surface area is 154 Å². The molecule has 1 atom stereocenters. The molecule has 1 aromatic carbocycles. The summed E-state index contributed by atoms with van der Waals surface area (Å²) >= 11 is 0. The minimum absolute atomic E-state index is 0.00472. The third-order valence-electron chi connectivity index (χ3n) is 2.97. The van der Waals surface area contributed by atoms with Crippen LogP contribution in [0.1, 0.15) is 46.3 Å². The van der Waals surface area contributed by atoms with Crippen LogP contribution in [0.25, 0.3) is 0 Å². The Hall–Kier alpha value is -2.52. The van der Waals surface area contributed by atoms with Gasteiger partial charge in [0.1, 0.15) is 18.3 Å². The van der Waals surface area contributed by atoms with Crippen LogP contribution in [0.3, 0.4) is 0 Å². The molecule has 0 bridgehead atoms. The van der Waals surface area contributed by atoms with Gasteiger partial charge in [-0.15, -0.1) is 0 Å². The monoisotopic (exact) mass is 363 g/mol. The van der Waals surface area contributed by atoms with Gasteiger partial charge in [0.15, 0.2) is 11.6 Å². The van der Waals surface area contributed by atoms with Crippen molar-refractivity contribution in [1.29, 1.82) is 0 Å². The summed E-state index contributed by atoms with van der Waals surface area (Å²) in [5.74, 6) is 4.57. The summed E-state index contributed by atoms with van der Waals surface area (Å²) in [6.45, 7) is 9.26. The van der Waals surface area contributed by atoms with Gasteiger partial charge in [-0.1, -0.05) is 29.5 Å². The number of rotatable bonds is 5. The van der Waals surface area contributed by atoms with Gasteiger partial charge in [0, 0.05) is 5.56 Å². The number of para-hydroxylation sites is 1. The maximum atomic E-state index is 14.0. The Morgan fingerprint density at radius 1 is 1.38 bits per heavy atom. The molecule has 1 aromatic rings. The number of nitrogens with one attached hydrogen (secondary N) is 1. The van der Waals surface area contributed by atoms with Gasteiger partial charge in [-0.25, -0.2) is 9.18 Å². The summed E-state index contributed by atoms with van der Waals surface area (Å²) in [5.41, 5.74) is 0.671. The van der Waals surface area contributed by atoms with Crippen molar-refractivity contribution in [3.05, 3.63) is 41.2 Å². The van der Waals surface area contributed by atoms with Crippen LogP contribution in [0, 0.1) is 17.7 Å². The number of alkyl carbamates (subject to hydrolysis) is 1. The fraction of sp³-hybridized carbons (Fsp3) is 0.450. The second-order valence-corrected chi connectivity index (χ2v) is 6.83. The topological polar surface area (TPSA) is 67.8 Å². The van der Waals surface area contributed by atoms with Crippen LogP contribution in [-0.2, 0) is 4.74 Å². The quantitative estimate of drug-likeness (QED) is 0.618. The lowest BCUT2D eigenvalue weighted by Gasteiger charge is -2.19.